The quantitative estimate of drug-likeness (QED) is 0.766. The summed E-state index contributed by atoms with van der Waals surface area (Å²) >= 11 is 8.71. The third kappa shape index (κ3) is 2.23. The number of rotatable bonds is 2. The van der Waals surface area contributed by atoms with Gasteiger partial charge in [0.15, 0.2) is 0 Å². The molecule has 1 aromatic carbocycles. The lowest BCUT2D eigenvalue weighted by Crippen LogP contribution is -1.98. The molecule has 1 rings (SSSR count). The molecule has 0 aliphatic heterocycles. The molecule has 2 nitrogen and oxygen atoms in total. The van der Waals surface area contributed by atoms with Crippen LogP contribution < -0.4 is 4.74 Å². The van der Waals surface area contributed by atoms with Gasteiger partial charge < -0.3 is 4.74 Å². The number of carbonyl (C=O) groups is 1. The Balaban J connectivity index is 3.38. The molecule has 1 aromatic rings. The van der Waals surface area contributed by atoms with Gasteiger partial charge in [-0.2, -0.15) is 0 Å². The number of methoxy groups -OCH3 is 1. The van der Waals surface area contributed by atoms with Gasteiger partial charge in [-0.3, -0.25) is 4.79 Å². The van der Waals surface area contributed by atoms with Gasteiger partial charge in [0.05, 0.1) is 12.7 Å². The van der Waals surface area contributed by atoms with Crippen LogP contribution in [0.25, 0.3) is 0 Å². The molecule has 0 N–H and O–H groups in total. The fourth-order valence-electron chi connectivity index (χ4n) is 1.13. The first kappa shape index (κ1) is 10.5. The largest absolute Gasteiger partial charge is 0.496 e. The van der Waals surface area contributed by atoms with E-state index < -0.39 is 5.24 Å². The van der Waals surface area contributed by atoms with E-state index in [1.807, 2.05) is 13.0 Å². The van der Waals surface area contributed by atoms with E-state index >= 15 is 0 Å². The van der Waals surface area contributed by atoms with E-state index in [9.17, 15) is 4.79 Å². The van der Waals surface area contributed by atoms with E-state index in [0.717, 1.165) is 10.0 Å². The second kappa shape index (κ2) is 4.11. The molecule has 0 amide bonds. The molecule has 4 heteroatoms. The first-order chi connectivity index (χ1) is 6.06. The molecule has 0 spiro atoms. The smallest absolute Gasteiger partial charge is 0.256 e. The second-order valence-electron chi connectivity index (χ2n) is 2.57. The van der Waals surface area contributed by atoms with E-state index in [1.165, 1.54) is 7.11 Å². The van der Waals surface area contributed by atoms with E-state index in [-0.39, 0.29) is 0 Å². The topological polar surface area (TPSA) is 26.3 Å². The molecule has 70 valence electrons. The molecule has 0 bridgehead atoms. The lowest BCUT2D eigenvalue weighted by Gasteiger charge is -2.08. The molecule has 0 saturated carbocycles. The summed E-state index contributed by atoms with van der Waals surface area (Å²) in [5.41, 5.74) is 1.22. The van der Waals surface area contributed by atoms with Crippen molar-refractivity contribution in [2.75, 3.05) is 7.11 Å². The zero-order valence-electron chi connectivity index (χ0n) is 7.23. The Morgan fingerprint density at radius 2 is 2.15 bits per heavy atom. The molecule has 0 saturated heterocycles. The van der Waals surface area contributed by atoms with Gasteiger partial charge in [-0.05, 0) is 36.2 Å². The highest BCUT2D eigenvalue weighted by Gasteiger charge is 2.13. The van der Waals surface area contributed by atoms with Crippen LogP contribution in [0.5, 0.6) is 5.75 Å². The minimum absolute atomic E-state index is 0.423. The highest BCUT2D eigenvalue weighted by Crippen LogP contribution is 2.28. The minimum atomic E-state index is -0.498. The highest BCUT2D eigenvalue weighted by atomic mass is 79.9. The van der Waals surface area contributed by atoms with Crippen LogP contribution in [0.1, 0.15) is 15.9 Å². The molecular formula is C9H8BrClO2. The Morgan fingerprint density at radius 3 is 2.62 bits per heavy atom. The zero-order valence-corrected chi connectivity index (χ0v) is 9.57. The average Bonchev–Trinajstić information content (AvgIpc) is 2.01. The van der Waals surface area contributed by atoms with Crippen LogP contribution in [0.2, 0.25) is 0 Å². The number of aryl methyl sites for hydroxylation is 1. The van der Waals surface area contributed by atoms with E-state index in [4.69, 9.17) is 16.3 Å². The van der Waals surface area contributed by atoms with Gasteiger partial charge >= 0.3 is 0 Å². The highest BCUT2D eigenvalue weighted by molar-refractivity contribution is 9.10. The van der Waals surface area contributed by atoms with E-state index in [2.05, 4.69) is 15.9 Å². The minimum Gasteiger partial charge on any atom is -0.496 e. The third-order valence-electron chi connectivity index (χ3n) is 1.68. The molecule has 0 radical (unpaired) electrons. The van der Waals surface area contributed by atoms with Gasteiger partial charge in [0.1, 0.15) is 5.75 Å². The molecule has 0 unspecified atom stereocenters. The van der Waals surface area contributed by atoms with Crippen LogP contribution in [0.3, 0.4) is 0 Å². The van der Waals surface area contributed by atoms with Crippen LogP contribution in [-0.2, 0) is 0 Å². The van der Waals surface area contributed by atoms with Gasteiger partial charge in [0, 0.05) is 4.47 Å². The van der Waals surface area contributed by atoms with E-state index in [0.29, 0.717) is 11.3 Å². The first-order valence-electron chi connectivity index (χ1n) is 3.60. The number of halogens is 2. The number of ether oxygens (including phenoxy) is 1. The SMILES string of the molecule is COc1cc(Br)cc(C)c1C(=O)Cl. The maximum Gasteiger partial charge on any atom is 0.256 e. The Morgan fingerprint density at radius 1 is 1.54 bits per heavy atom. The summed E-state index contributed by atoms with van der Waals surface area (Å²) in [5, 5.41) is -0.498. The summed E-state index contributed by atoms with van der Waals surface area (Å²) < 4.78 is 5.90. The Labute approximate surface area is 90.0 Å². The molecule has 0 fully saturated rings. The number of benzene rings is 1. The van der Waals surface area contributed by atoms with Crippen molar-refractivity contribution in [3.63, 3.8) is 0 Å². The third-order valence-corrected chi connectivity index (χ3v) is 2.33. The van der Waals surface area contributed by atoms with Gasteiger partial charge in [0.25, 0.3) is 5.24 Å². The van der Waals surface area contributed by atoms with Crippen molar-refractivity contribution in [2.24, 2.45) is 0 Å². The van der Waals surface area contributed by atoms with Gasteiger partial charge in [0.2, 0.25) is 0 Å². The number of carbonyl (C=O) groups excluding carboxylic acids is 1. The van der Waals surface area contributed by atoms with Crippen molar-refractivity contribution < 1.29 is 9.53 Å². The molecule has 0 aliphatic carbocycles. The molecule has 0 heterocycles. The first-order valence-corrected chi connectivity index (χ1v) is 4.77. The van der Waals surface area contributed by atoms with Crippen molar-refractivity contribution in [1.82, 2.24) is 0 Å². The summed E-state index contributed by atoms with van der Waals surface area (Å²) in [5.74, 6) is 0.492. The second-order valence-corrected chi connectivity index (χ2v) is 3.83. The molecule has 0 aliphatic rings. The summed E-state index contributed by atoms with van der Waals surface area (Å²) in [6, 6.07) is 3.53. The lowest BCUT2D eigenvalue weighted by atomic mass is 10.1. The van der Waals surface area contributed by atoms with Crippen LogP contribution in [0, 0.1) is 6.92 Å². The van der Waals surface area contributed by atoms with Crippen LogP contribution in [-0.4, -0.2) is 12.4 Å². The predicted molar refractivity (Wildman–Crippen MR) is 55.6 cm³/mol. The van der Waals surface area contributed by atoms with Gasteiger partial charge in [-0.25, -0.2) is 0 Å². The predicted octanol–water partition coefficient (Wildman–Crippen LogP) is 3.15. The van der Waals surface area contributed by atoms with Crippen molar-refractivity contribution in [3.8, 4) is 5.75 Å². The lowest BCUT2D eigenvalue weighted by molar-refractivity contribution is 0.107. The Hall–Kier alpha value is -0.540. The summed E-state index contributed by atoms with van der Waals surface area (Å²) in [4.78, 5) is 11.0. The maximum atomic E-state index is 11.0. The fourth-order valence-corrected chi connectivity index (χ4v) is 1.92. The van der Waals surface area contributed by atoms with Crippen molar-refractivity contribution in [2.45, 2.75) is 6.92 Å². The summed E-state index contributed by atoms with van der Waals surface area (Å²) in [6.45, 7) is 1.81. The van der Waals surface area contributed by atoms with Crippen molar-refractivity contribution in [1.29, 1.82) is 0 Å². The summed E-state index contributed by atoms with van der Waals surface area (Å²) in [6.07, 6.45) is 0. The van der Waals surface area contributed by atoms with E-state index in [1.54, 1.807) is 6.07 Å². The van der Waals surface area contributed by atoms with Crippen LogP contribution in [0.4, 0.5) is 0 Å². The van der Waals surface area contributed by atoms with Crippen LogP contribution in [0.15, 0.2) is 16.6 Å². The average molecular weight is 264 g/mol. The van der Waals surface area contributed by atoms with Gasteiger partial charge in [-0.1, -0.05) is 15.9 Å². The fraction of sp³-hybridized carbons (Fsp3) is 0.222. The Bertz CT molecular complexity index is 350. The molecule has 13 heavy (non-hydrogen) atoms. The number of hydrogen-bond donors (Lipinski definition) is 0. The van der Waals surface area contributed by atoms with Crippen molar-refractivity contribution >= 4 is 32.8 Å². The summed E-state index contributed by atoms with van der Waals surface area (Å²) in [7, 11) is 1.50. The zero-order chi connectivity index (χ0) is 10.0. The monoisotopic (exact) mass is 262 g/mol. The van der Waals surface area contributed by atoms with Crippen LogP contribution >= 0.6 is 27.5 Å². The molecular weight excluding hydrogens is 255 g/mol. The Kier molecular flexibility index (Phi) is 3.33. The normalized spacial score (nSPS) is 9.85. The molecule has 0 atom stereocenters. The van der Waals surface area contributed by atoms with Gasteiger partial charge in [-0.15, -0.1) is 0 Å². The molecule has 0 aromatic heterocycles. The number of hydrogen-bond acceptors (Lipinski definition) is 2. The van der Waals surface area contributed by atoms with Crippen molar-refractivity contribution in [3.05, 3.63) is 27.7 Å². The maximum absolute atomic E-state index is 11.0. The standard InChI is InChI=1S/C9H8BrClO2/c1-5-3-6(10)4-7(13-2)8(5)9(11)12/h3-4H,1-2H3.